The van der Waals surface area contributed by atoms with Gasteiger partial charge in [0.25, 0.3) is 5.91 Å². The van der Waals surface area contributed by atoms with Crippen LogP contribution in [0, 0.1) is 0 Å². The van der Waals surface area contributed by atoms with Gasteiger partial charge in [-0.2, -0.15) is 0 Å². The van der Waals surface area contributed by atoms with Gasteiger partial charge in [0.15, 0.2) is 0 Å². The molecule has 3 N–H and O–H groups in total. The maximum absolute atomic E-state index is 11.2. The van der Waals surface area contributed by atoms with Gasteiger partial charge in [-0.15, -0.1) is 0 Å². The maximum Gasteiger partial charge on any atom is 0.329 e. The molecule has 8 nitrogen and oxygen atoms in total. The van der Waals surface area contributed by atoms with Gasteiger partial charge in [-0.1, -0.05) is 0 Å². The molecule has 1 unspecified atom stereocenters. The van der Waals surface area contributed by atoms with Crippen LogP contribution in [0.5, 0.6) is 0 Å². The van der Waals surface area contributed by atoms with E-state index >= 15 is 0 Å². The highest BCUT2D eigenvalue weighted by Gasteiger charge is 2.10. The average Bonchev–Trinajstić information content (AvgIpc) is 2.24. The second-order valence-corrected chi connectivity index (χ2v) is 3.96. The lowest BCUT2D eigenvalue weighted by Crippen LogP contribution is -2.45. The first kappa shape index (κ1) is 16.3. The zero-order valence-electron chi connectivity index (χ0n) is 10.7. The van der Waals surface area contributed by atoms with Crippen LogP contribution in [0.2, 0.25) is 0 Å². The lowest BCUT2D eigenvalue weighted by molar-refractivity contribution is -0.143. The van der Waals surface area contributed by atoms with Crippen LogP contribution in [0.15, 0.2) is 0 Å². The molecule has 0 aliphatic rings. The molecular weight excluding hydrogens is 242 g/mol. The fraction of sp³-hybridized carbons (Fsp3) is 0.700. The molecule has 0 rings (SSSR count). The molecule has 8 heteroatoms. The lowest BCUT2D eigenvalue weighted by Gasteiger charge is -2.19. The summed E-state index contributed by atoms with van der Waals surface area (Å²) in [5, 5.41) is 12.8. The summed E-state index contributed by atoms with van der Waals surface area (Å²) in [6.45, 7) is 1.26. The summed E-state index contributed by atoms with van der Waals surface area (Å²) in [5.41, 5.74) is 0. The largest absolute Gasteiger partial charge is 0.480 e. The van der Waals surface area contributed by atoms with Crippen molar-refractivity contribution in [3.05, 3.63) is 0 Å². The van der Waals surface area contributed by atoms with Crippen molar-refractivity contribution < 1.29 is 24.2 Å². The number of ether oxygens (including phenoxy) is 1. The van der Waals surface area contributed by atoms with E-state index in [1.165, 1.54) is 0 Å². The molecule has 0 aromatic carbocycles. The van der Waals surface area contributed by atoms with Gasteiger partial charge in [-0.05, 0) is 21.0 Å². The number of carboxylic acid groups (broad SMARTS) is 1. The van der Waals surface area contributed by atoms with Crippen molar-refractivity contribution in [3.8, 4) is 0 Å². The van der Waals surface area contributed by atoms with E-state index in [1.807, 2.05) is 31.2 Å². The van der Waals surface area contributed by atoms with Gasteiger partial charge < -0.3 is 20.1 Å². The van der Waals surface area contributed by atoms with Gasteiger partial charge in [0.1, 0.15) is 13.2 Å². The molecule has 0 fully saturated rings. The Morgan fingerprint density at radius 2 is 1.89 bits per heavy atom. The van der Waals surface area contributed by atoms with Crippen molar-refractivity contribution in [3.63, 3.8) is 0 Å². The molecule has 0 heterocycles. The predicted octanol–water partition coefficient (Wildman–Crippen LogP) is -1.14. The normalized spacial score (nSPS) is 12.0. The molecule has 0 aromatic heterocycles. The van der Waals surface area contributed by atoms with Crippen LogP contribution in [0.3, 0.4) is 0 Å². The Hall–Kier alpha value is -1.67. The summed E-state index contributed by atoms with van der Waals surface area (Å²) in [6, 6.07) is -0.498. The number of nitrogens with zero attached hydrogens (tertiary/aromatic N) is 1. The Kier molecular flexibility index (Phi) is 7.64. The zero-order valence-corrected chi connectivity index (χ0v) is 10.7. The highest BCUT2D eigenvalue weighted by Crippen LogP contribution is 1.87. The highest BCUT2D eigenvalue weighted by molar-refractivity contribution is 5.94. The Morgan fingerprint density at radius 3 is 2.39 bits per heavy atom. The van der Waals surface area contributed by atoms with Crippen molar-refractivity contribution in [1.29, 1.82) is 0 Å². The van der Waals surface area contributed by atoms with E-state index in [9.17, 15) is 14.4 Å². The van der Waals surface area contributed by atoms with Crippen LogP contribution in [0.4, 0.5) is 4.79 Å². The summed E-state index contributed by atoms with van der Waals surface area (Å²) >= 11 is 0. The van der Waals surface area contributed by atoms with Crippen LogP contribution < -0.4 is 10.6 Å². The van der Waals surface area contributed by atoms with Gasteiger partial charge in [-0.25, -0.2) is 9.59 Å². The molecule has 1 atom stereocenters. The van der Waals surface area contributed by atoms with Crippen LogP contribution in [-0.2, 0) is 14.3 Å². The maximum atomic E-state index is 11.2. The molecule has 0 bridgehead atoms. The molecule has 0 saturated heterocycles. The Labute approximate surface area is 105 Å². The molecule has 0 spiro atoms. The minimum atomic E-state index is -1.17. The SMILES string of the molecule is CC(CNC(=O)NC(=O)COCC(=O)O)N(C)C. The Bertz CT molecular complexity index is 306. The van der Waals surface area contributed by atoms with E-state index in [4.69, 9.17) is 5.11 Å². The van der Waals surface area contributed by atoms with E-state index < -0.39 is 31.1 Å². The summed E-state index contributed by atoms with van der Waals surface area (Å²) in [7, 11) is 3.74. The van der Waals surface area contributed by atoms with Crippen molar-refractivity contribution in [2.45, 2.75) is 13.0 Å². The number of urea groups is 1. The number of carboxylic acids is 1. The molecule has 0 saturated carbocycles. The summed E-state index contributed by atoms with van der Waals surface area (Å²) in [6.07, 6.45) is 0. The molecule has 3 amide bonds. The molecule has 0 aliphatic carbocycles. The van der Waals surface area contributed by atoms with Crippen LogP contribution in [0.1, 0.15) is 6.92 Å². The van der Waals surface area contributed by atoms with E-state index in [-0.39, 0.29) is 6.04 Å². The van der Waals surface area contributed by atoms with Crippen molar-refractivity contribution >= 4 is 17.9 Å². The van der Waals surface area contributed by atoms with Gasteiger partial charge in [-0.3, -0.25) is 10.1 Å². The first-order chi connectivity index (χ1) is 8.32. The third-order valence-electron chi connectivity index (χ3n) is 2.15. The highest BCUT2D eigenvalue weighted by atomic mass is 16.5. The van der Waals surface area contributed by atoms with E-state index in [0.717, 1.165) is 0 Å². The van der Waals surface area contributed by atoms with Gasteiger partial charge >= 0.3 is 12.0 Å². The molecule has 0 aromatic rings. The smallest absolute Gasteiger partial charge is 0.329 e. The number of likely N-dealkylation sites (N-methyl/N-ethyl adjacent to an activating group) is 1. The van der Waals surface area contributed by atoms with Crippen LogP contribution >= 0.6 is 0 Å². The molecule has 18 heavy (non-hydrogen) atoms. The topological polar surface area (TPSA) is 108 Å². The number of carbonyl (C=O) groups excluding carboxylic acids is 2. The fourth-order valence-electron chi connectivity index (χ4n) is 0.861. The number of imide groups is 1. The van der Waals surface area contributed by atoms with Crippen molar-refractivity contribution in [2.75, 3.05) is 33.9 Å². The van der Waals surface area contributed by atoms with E-state index in [0.29, 0.717) is 6.54 Å². The number of hydrogen-bond donors (Lipinski definition) is 3. The molecule has 104 valence electrons. The Morgan fingerprint density at radius 1 is 1.28 bits per heavy atom. The monoisotopic (exact) mass is 261 g/mol. The zero-order chi connectivity index (χ0) is 14.1. The van der Waals surface area contributed by atoms with Gasteiger partial charge in [0.2, 0.25) is 0 Å². The first-order valence-corrected chi connectivity index (χ1v) is 5.36. The molecular formula is C10H19N3O5. The summed E-state index contributed by atoms with van der Waals surface area (Å²) < 4.78 is 4.52. The van der Waals surface area contributed by atoms with Crippen molar-refractivity contribution in [2.24, 2.45) is 0 Å². The fourth-order valence-corrected chi connectivity index (χ4v) is 0.861. The number of rotatable bonds is 7. The summed E-state index contributed by atoms with van der Waals surface area (Å²) in [4.78, 5) is 34.4. The van der Waals surface area contributed by atoms with Crippen LogP contribution in [0.25, 0.3) is 0 Å². The number of aliphatic carboxylic acids is 1. The summed E-state index contributed by atoms with van der Waals surface area (Å²) in [5.74, 6) is -1.86. The molecule has 0 aliphatic heterocycles. The van der Waals surface area contributed by atoms with Crippen LogP contribution in [-0.4, -0.2) is 67.8 Å². The third-order valence-corrected chi connectivity index (χ3v) is 2.15. The minimum absolute atomic E-state index is 0.133. The molecule has 0 radical (unpaired) electrons. The van der Waals surface area contributed by atoms with E-state index in [1.54, 1.807) is 0 Å². The standard InChI is InChI=1S/C10H19N3O5/c1-7(13(2)3)4-11-10(17)12-8(14)5-18-6-9(15)16/h7H,4-6H2,1-3H3,(H,15,16)(H2,11,12,14,17). The number of amides is 3. The van der Waals surface area contributed by atoms with E-state index in [2.05, 4.69) is 10.1 Å². The third kappa shape index (κ3) is 8.48. The Balaban J connectivity index is 3.74. The minimum Gasteiger partial charge on any atom is -0.480 e. The number of carbonyl (C=O) groups is 3. The van der Waals surface area contributed by atoms with Gasteiger partial charge in [0, 0.05) is 12.6 Å². The second-order valence-electron chi connectivity index (χ2n) is 3.96. The number of nitrogens with one attached hydrogen (secondary N) is 2. The first-order valence-electron chi connectivity index (χ1n) is 5.36. The average molecular weight is 261 g/mol. The second kappa shape index (κ2) is 8.43. The predicted molar refractivity (Wildman–Crippen MR) is 63.1 cm³/mol. The number of hydrogen-bond acceptors (Lipinski definition) is 5. The lowest BCUT2D eigenvalue weighted by atomic mass is 10.3. The quantitative estimate of drug-likeness (QED) is 0.535. The van der Waals surface area contributed by atoms with Crippen molar-refractivity contribution in [1.82, 2.24) is 15.5 Å². The van der Waals surface area contributed by atoms with Gasteiger partial charge in [0.05, 0.1) is 0 Å².